The van der Waals surface area contributed by atoms with Gasteiger partial charge in [-0.3, -0.25) is 9.59 Å². The Bertz CT molecular complexity index is 848. The first-order valence-electron chi connectivity index (χ1n) is 7.38. The van der Waals surface area contributed by atoms with Gasteiger partial charge >= 0.3 is 5.97 Å². The van der Waals surface area contributed by atoms with Crippen molar-refractivity contribution in [3.8, 4) is 0 Å². The number of rotatable bonds is 5. The summed E-state index contributed by atoms with van der Waals surface area (Å²) in [5, 5.41) is 4.67. The number of ether oxygens (including phenoxy) is 1. The summed E-state index contributed by atoms with van der Waals surface area (Å²) in [5.41, 5.74) is 3.20. The molecule has 0 spiro atoms. The van der Waals surface area contributed by atoms with Crippen molar-refractivity contribution >= 4 is 34.0 Å². The van der Waals surface area contributed by atoms with Gasteiger partial charge in [-0.15, -0.1) is 0 Å². The van der Waals surface area contributed by atoms with Gasteiger partial charge in [-0.2, -0.15) is 11.3 Å². The summed E-state index contributed by atoms with van der Waals surface area (Å²) in [4.78, 5) is 27.8. The molecular weight excluding hydrogens is 310 g/mol. The van der Waals surface area contributed by atoms with E-state index in [4.69, 9.17) is 4.74 Å². The number of para-hydroxylation sites is 1. The van der Waals surface area contributed by atoms with E-state index >= 15 is 0 Å². The fourth-order valence-electron chi connectivity index (χ4n) is 2.65. The Labute approximate surface area is 138 Å². The van der Waals surface area contributed by atoms with Crippen molar-refractivity contribution in [3.05, 3.63) is 57.9 Å². The molecule has 0 aliphatic carbocycles. The van der Waals surface area contributed by atoms with Gasteiger partial charge in [0.1, 0.15) is 0 Å². The molecule has 3 aromatic rings. The Hall–Kier alpha value is -2.40. The number of ketones is 1. The number of aromatic nitrogens is 1. The van der Waals surface area contributed by atoms with Gasteiger partial charge in [0.2, 0.25) is 5.78 Å². The number of carbonyl (C=O) groups is 2. The molecule has 0 bridgehead atoms. The van der Waals surface area contributed by atoms with Crippen LogP contribution in [0.15, 0.2) is 41.1 Å². The van der Waals surface area contributed by atoms with Crippen LogP contribution in [0.25, 0.3) is 10.9 Å². The van der Waals surface area contributed by atoms with Gasteiger partial charge in [-0.1, -0.05) is 18.2 Å². The average Bonchev–Trinajstić information content (AvgIpc) is 3.12. The van der Waals surface area contributed by atoms with Gasteiger partial charge in [-0.25, -0.2) is 0 Å². The fraction of sp³-hybridized carbons (Fsp3) is 0.222. The lowest BCUT2D eigenvalue weighted by Gasteiger charge is -2.12. The van der Waals surface area contributed by atoms with Crippen LogP contribution in [0.3, 0.4) is 0 Å². The van der Waals surface area contributed by atoms with Crippen molar-refractivity contribution in [1.29, 1.82) is 0 Å². The van der Waals surface area contributed by atoms with Crippen molar-refractivity contribution in [2.24, 2.45) is 0 Å². The molecule has 2 heterocycles. The van der Waals surface area contributed by atoms with Gasteiger partial charge in [0, 0.05) is 22.2 Å². The second kappa shape index (κ2) is 6.38. The van der Waals surface area contributed by atoms with E-state index < -0.39 is 6.10 Å². The van der Waals surface area contributed by atoms with Crippen molar-refractivity contribution in [2.45, 2.75) is 26.4 Å². The van der Waals surface area contributed by atoms with Gasteiger partial charge in [-0.05, 0) is 42.3 Å². The first kappa shape index (κ1) is 15.5. The van der Waals surface area contributed by atoms with Crippen LogP contribution in [0.5, 0.6) is 0 Å². The zero-order chi connectivity index (χ0) is 16.4. The predicted octanol–water partition coefficient (Wildman–Crippen LogP) is 3.89. The molecule has 118 valence electrons. The number of benzene rings is 1. The third kappa shape index (κ3) is 3.19. The predicted molar refractivity (Wildman–Crippen MR) is 90.9 cm³/mol. The highest BCUT2D eigenvalue weighted by Crippen LogP contribution is 2.24. The second-order valence-corrected chi connectivity index (χ2v) is 6.26. The molecule has 0 amide bonds. The van der Waals surface area contributed by atoms with Gasteiger partial charge in [0.15, 0.2) is 6.10 Å². The molecule has 23 heavy (non-hydrogen) atoms. The zero-order valence-corrected chi connectivity index (χ0v) is 13.8. The van der Waals surface area contributed by atoms with Crippen molar-refractivity contribution < 1.29 is 14.3 Å². The number of hydrogen-bond donors (Lipinski definition) is 1. The molecular formula is C18H17NO3S. The fourth-order valence-corrected chi connectivity index (χ4v) is 3.32. The average molecular weight is 327 g/mol. The number of nitrogens with one attached hydrogen (secondary N) is 1. The minimum Gasteiger partial charge on any atom is -0.454 e. The number of hydrogen-bond acceptors (Lipinski definition) is 4. The lowest BCUT2D eigenvalue weighted by atomic mass is 10.0. The molecule has 1 aromatic carbocycles. The molecule has 0 saturated carbocycles. The minimum absolute atomic E-state index is 0.182. The molecule has 0 fully saturated rings. The van der Waals surface area contributed by atoms with E-state index in [1.807, 2.05) is 48.0 Å². The number of fused-ring (bicyclic) bond motifs is 1. The Kier molecular flexibility index (Phi) is 4.30. The number of thiophene rings is 1. The summed E-state index contributed by atoms with van der Waals surface area (Å²) in [5.74, 6) is -0.569. The van der Waals surface area contributed by atoms with E-state index in [9.17, 15) is 9.59 Å². The van der Waals surface area contributed by atoms with E-state index in [1.165, 1.54) is 11.3 Å². The van der Waals surface area contributed by atoms with Crippen LogP contribution in [-0.2, 0) is 16.0 Å². The quantitative estimate of drug-likeness (QED) is 0.571. The van der Waals surface area contributed by atoms with Gasteiger partial charge < -0.3 is 9.72 Å². The van der Waals surface area contributed by atoms with Crippen LogP contribution in [0.2, 0.25) is 0 Å². The standard InChI is InChI=1S/C18H17NO3S/c1-11-17(14-5-3-4-6-15(14)19-11)18(21)12(2)22-16(20)9-13-7-8-23-10-13/h3-8,10,12,19H,9H2,1-2H3/t12-/m0/s1. The van der Waals surface area contributed by atoms with Crippen LogP contribution >= 0.6 is 11.3 Å². The molecule has 3 rings (SSSR count). The Morgan fingerprint density at radius 2 is 2.04 bits per heavy atom. The Morgan fingerprint density at radius 3 is 2.78 bits per heavy atom. The molecule has 4 nitrogen and oxygen atoms in total. The molecule has 2 aromatic heterocycles. The first-order chi connectivity index (χ1) is 11.1. The number of H-pyrrole nitrogens is 1. The third-order valence-electron chi connectivity index (χ3n) is 3.75. The van der Waals surface area contributed by atoms with E-state index in [1.54, 1.807) is 6.92 Å². The van der Waals surface area contributed by atoms with E-state index in [-0.39, 0.29) is 18.2 Å². The maximum atomic E-state index is 12.7. The van der Waals surface area contributed by atoms with Crippen LogP contribution in [0, 0.1) is 6.92 Å². The molecule has 0 radical (unpaired) electrons. The summed E-state index contributed by atoms with van der Waals surface area (Å²) < 4.78 is 5.32. The SMILES string of the molecule is Cc1[nH]c2ccccc2c1C(=O)[C@H](C)OC(=O)Cc1ccsc1. The van der Waals surface area contributed by atoms with Crippen LogP contribution < -0.4 is 0 Å². The molecule has 0 saturated heterocycles. The minimum atomic E-state index is -0.806. The van der Waals surface area contributed by atoms with Crippen molar-refractivity contribution in [1.82, 2.24) is 4.98 Å². The Morgan fingerprint density at radius 1 is 1.26 bits per heavy atom. The number of carbonyl (C=O) groups excluding carboxylic acids is 2. The number of esters is 1. The second-order valence-electron chi connectivity index (χ2n) is 5.48. The Balaban J connectivity index is 1.76. The molecule has 5 heteroatoms. The molecule has 0 aliphatic heterocycles. The maximum absolute atomic E-state index is 12.7. The molecule has 1 N–H and O–H groups in total. The number of aromatic amines is 1. The largest absolute Gasteiger partial charge is 0.454 e. The lowest BCUT2D eigenvalue weighted by molar-refractivity contribution is -0.145. The number of Topliss-reactive ketones (excluding diaryl/α,β-unsaturated/α-hetero) is 1. The highest BCUT2D eigenvalue weighted by atomic mass is 32.1. The summed E-state index contributed by atoms with van der Waals surface area (Å²) >= 11 is 1.53. The summed E-state index contributed by atoms with van der Waals surface area (Å²) in [6.45, 7) is 3.47. The summed E-state index contributed by atoms with van der Waals surface area (Å²) in [6, 6.07) is 9.50. The molecule has 0 unspecified atom stereocenters. The lowest BCUT2D eigenvalue weighted by Crippen LogP contribution is -2.25. The van der Waals surface area contributed by atoms with Gasteiger partial charge in [0.25, 0.3) is 0 Å². The maximum Gasteiger partial charge on any atom is 0.311 e. The highest BCUT2D eigenvalue weighted by molar-refractivity contribution is 7.08. The van der Waals surface area contributed by atoms with Crippen LogP contribution in [0.1, 0.15) is 28.5 Å². The monoisotopic (exact) mass is 327 g/mol. The zero-order valence-electron chi connectivity index (χ0n) is 13.0. The van der Waals surface area contributed by atoms with Crippen molar-refractivity contribution in [2.75, 3.05) is 0 Å². The number of aryl methyl sites for hydroxylation is 1. The van der Waals surface area contributed by atoms with E-state index in [0.717, 1.165) is 22.2 Å². The summed E-state index contributed by atoms with van der Waals surface area (Å²) in [6.07, 6.45) is -0.618. The summed E-state index contributed by atoms with van der Waals surface area (Å²) in [7, 11) is 0. The normalized spacial score (nSPS) is 12.3. The molecule has 0 aliphatic rings. The smallest absolute Gasteiger partial charge is 0.311 e. The van der Waals surface area contributed by atoms with Crippen LogP contribution in [0.4, 0.5) is 0 Å². The first-order valence-corrected chi connectivity index (χ1v) is 8.32. The topological polar surface area (TPSA) is 59.2 Å². The van der Waals surface area contributed by atoms with Gasteiger partial charge in [0.05, 0.1) is 6.42 Å². The highest BCUT2D eigenvalue weighted by Gasteiger charge is 2.24. The van der Waals surface area contributed by atoms with E-state index in [0.29, 0.717) is 5.56 Å². The van der Waals surface area contributed by atoms with E-state index in [2.05, 4.69) is 4.98 Å². The molecule has 1 atom stereocenters. The van der Waals surface area contributed by atoms with Crippen molar-refractivity contribution in [3.63, 3.8) is 0 Å². The van der Waals surface area contributed by atoms with Crippen LogP contribution in [-0.4, -0.2) is 22.8 Å². The third-order valence-corrected chi connectivity index (χ3v) is 4.48.